The largest absolute Gasteiger partial charge is 0.399 e. The Labute approximate surface area is 126 Å². The van der Waals surface area contributed by atoms with E-state index < -0.39 is 10.0 Å². The fourth-order valence-electron chi connectivity index (χ4n) is 2.23. The lowest BCUT2D eigenvalue weighted by Crippen LogP contribution is -2.28. The van der Waals surface area contributed by atoms with Gasteiger partial charge in [-0.05, 0) is 35.9 Å². The Bertz CT molecular complexity index is 739. The Hall–Kier alpha value is -1.59. The third kappa shape index (κ3) is 3.36. The number of nitrogen functional groups attached to an aromatic ring is 1. The molecule has 2 aromatic rings. The minimum Gasteiger partial charge on any atom is -0.399 e. The van der Waals surface area contributed by atoms with Gasteiger partial charge in [-0.1, -0.05) is 32.0 Å². The van der Waals surface area contributed by atoms with E-state index >= 15 is 0 Å². The molecule has 2 N–H and O–H groups in total. The summed E-state index contributed by atoms with van der Waals surface area (Å²) in [7, 11) is -1.85. The van der Waals surface area contributed by atoms with Crippen LogP contribution in [0.15, 0.2) is 41.3 Å². The summed E-state index contributed by atoms with van der Waals surface area (Å²) in [5, 5.41) is 1.55. The van der Waals surface area contributed by atoms with E-state index in [1.54, 1.807) is 37.4 Å². The van der Waals surface area contributed by atoms with Crippen LogP contribution in [0.3, 0.4) is 0 Å². The van der Waals surface area contributed by atoms with Crippen LogP contribution in [0.25, 0.3) is 10.8 Å². The molecule has 2 rings (SSSR count). The molecule has 0 heterocycles. The molecule has 0 saturated heterocycles. The van der Waals surface area contributed by atoms with E-state index in [4.69, 9.17) is 5.73 Å². The second-order valence-electron chi connectivity index (χ2n) is 5.75. The van der Waals surface area contributed by atoms with Crippen LogP contribution in [0.4, 0.5) is 5.69 Å². The summed E-state index contributed by atoms with van der Waals surface area (Å²) in [6.07, 6.45) is 0.841. The lowest BCUT2D eigenvalue weighted by molar-refractivity contribution is 0.428. The van der Waals surface area contributed by atoms with E-state index in [1.807, 2.05) is 6.07 Å². The van der Waals surface area contributed by atoms with E-state index in [0.717, 1.165) is 11.8 Å². The van der Waals surface area contributed by atoms with Crippen LogP contribution in [-0.2, 0) is 10.0 Å². The van der Waals surface area contributed by atoms with Crippen molar-refractivity contribution in [2.24, 2.45) is 5.92 Å². The van der Waals surface area contributed by atoms with Gasteiger partial charge in [-0.15, -0.1) is 0 Å². The molecule has 114 valence electrons. The van der Waals surface area contributed by atoms with Gasteiger partial charge in [-0.2, -0.15) is 0 Å². The fourth-order valence-corrected chi connectivity index (χ4v) is 3.62. The molecule has 4 nitrogen and oxygen atoms in total. The molecule has 0 aliphatic rings. The first kappa shape index (κ1) is 15.8. The predicted molar refractivity (Wildman–Crippen MR) is 87.6 cm³/mol. The number of nitrogens with zero attached hydrogens (tertiary/aromatic N) is 1. The van der Waals surface area contributed by atoms with Crippen molar-refractivity contribution in [1.82, 2.24) is 4.31 Å². The number of nitrogens with two attached hydrogens (primary N) is 1. The van der Waals surface area contributed by atoms with E-state index in [0.29, 0.717) is 28.4 Å². The van der Waals surface area contributed by atoms with Gasteiger partial charge in [-0.25, -0.2) is 12.7 Å². The molecule has 0 saturated carbocycles. The number of fused-ring (bicyclic) bond motifs is 1. The van der Waals surface area contributed by atoms with Crippen molar-refractivity contribution in [3.63, 3.8) is 0 Å². The zero-order valence-electron chi connectivity index (χ0n) is 12.7. The molecule has 2 aromatic carbocycles. The molecule has 0 radical (unpaired) electrons. The van der Waals surface area contributed by atoms with Gasteiger partial charge in [0, 0.05) is 24.7 Å². The van der Waals surface area contributed by atoms with E-state index in [1.165, 1.54) is 4.31 Å². The minimum absolute atomic E-state index is 0.339. The molecule has 0 aromatic heterocycles. The normalized spacial score (nSPS) is 12.4. The molecule has 0 atom stereocenters. The van der Waals surface area contributed by atoms with Gasteiger partial charge in [0.05, 0.1) is 4.90 Å². The van der Waals surface area contributed by atoms with Gasteiger partial charge in [0.15, 0.2) is 0 Å². The lowest BCUT2D eigenvalue weighted by atomic mass is 10.1. The second-order valence-corrected chi connectivity index (χ2v) is 7.76. The zero-order chi connectivity index (χ0) is 15.6. The van der Waals surface area contributed by atoms with Crippen molar-refractivity contribution in [3.8, 4) is 0 Å². The average Bonchev–Trinajstić information content (AvgIpc) is 2.43. The highest BCUT2D eigenvalue weighted by Crippen LogP contribution is 2.27. The molecule has 0 unspecified atom stereocenters. The van der Waals surface area contributed by atoms with Crippen LogP contribution in [-0.4, -0.2) is 26.3 Å². The molecule has 0 aliphatic heterocycles. The van der Waals surface area contributed by atoms with Crippen LogP contribution in [0.2, 0.25) is 0 Å². The molecule has 0 bridgehead atoms. The number of sulfonamides is 1. The Kier molecular flexibility index (Phi) is 4.54. The first-order valence-corrected chi connectivity index (χ1v) is 8.51. The maximum Gasteiger partial charge on any atom is 0.243 e. The Morgan fingerprint density at radius 3 is 2.57 bits per heavy atom. The van der Waals surface area contributed by atoms with Crippen molar-refractivity contribution >= 4 is 26.5 Å². The van der Waals surface area contributed by atoms with Crippen LogP contribution >= 0.6 is 0 Å². The van der Waals surface area contributed by atoms with Crippen molar-refractivity contribution < 1.29 is 8.42 Å². The smallest absolute Gasteiger partial charge is 0.243 e. The number of rotatable bonds is 5. The molecular formula is C16H22N2O2S. The number of hydrogen-bond acceptors (Lipinski definition) is 3. The molecule has 5 heteroatoms. The Morgan fingerprint density at radius 2 is 1.90 bits per heavy atom. The quantitative estimate of drug-likeness (QED) is 0.863. The van der Waals surface area contributed by atoms with E-state index in [-0.39, 0.29) is 0 Å². The fraction of sp³-hybridized carbons (Fsp3) is 0.375. The summed E-state index contributed by atoms with van der Waals surface area (Å²) >= 11 is 0. The van der Waals surface area contributed by atoms with Gasteiger partial charge < -0.3 is 5.73 Å². The van der Waals surface area contributed by atoms with Crippen molar-refractivity contribution in [1.29, 1.82) is 0 Å². The first-order valence-electron chi connectivity index (χ1n) is 7.07. The topological polar surface area (TPSA) is 63.4 Å². The van der Waals surface area contributed by atoms with Crippen molar-refractivity contribution in [3.05, 3.63) is 36.4 Å². The summed E-state index contributed by atoms with van der Waals surface area (Å²) in [6.45, 7) is 4.69. The van der Waals surface area contributed by atoms with E-state index in [9.17, 15) is 8.42 Å². The van der Waals surface area contributed by atoms with Crippen LogP contribution < -0.4 is 5.73 Å². The third-order valence-corrected chi connectivity index (χ3v) is 5.49. The zero-order valence-corrected chi connectivity index (χ0v) is 13.5. The standard InChI is InChI=1S/C16H22N2O2S/c1-12(2)9-10-18(3)21(19,20)16-6-4-5-13-11-14(17)7-8-15(13)16/h4-8,11-12H,9-10,17H2,1-3H3. The molecule has 0 aliphatic carbocycles. The molecule has 0 amide bonds. The van der Waals surface area contributed by atoms with E-state index in [2.05, 4.69) is 13.8 Å². The average molecular weight is 306 g/mol. The second kappa shape index (κ2) is 6.03. The predicted octanol–water partition coefficient (Wildman–Crippen LogP) is 3.09. The highest BCUT2D eigenvalue weighted by Gasteiger charge is 2.22. The Morgan fingerprint density at radius 1 is 1.19 bits per heavy atom. The van der Waals surface area contributed by atoms with Gasteiger partial charge in [0.25, 0.3) is 0 Å². The monoisotopic (exact) mass is 306 g/mol. The Balaban J connectivity index is 2.45. The van der Waals surface area contributed by atoms with Gasteiger partial charge in [0.1, 0.15) is 0 Å². The summed E-state index contributed by atoms with van der Waals surface area (Å²) in [4.78, 5) is 0.339. The molecule has 0 fully saturated rings. The lowest BCUT2D eigenvalue weighted by Gasteiger charge is -2.19. The molecule has 0 spiro atoms. The van der Waals surface area contributed by atoms with Gasteiger partial charge >= 0.3 is 0 Å². The minimum atomic E-state index is -3.48. The van der Waals surface area contributed by atoms with Crippen LogP contribution in [0.1, 0.15) is 20.3 Å². The van der Waals surface area contributed by atoms with Gasteiger partial charge in [-0.3, -0.25) is 0 Å². The van der Waals surface area contributed by atoms with Crippen molar-refractivity contribution in [2.75, 3.05) is 19.3 Å². The third-order valence-electron chi connectivity index (χ3n) is 3.57. The number of benzene rings is 2. The molecular weight excluding hydrogens is 284 g/mol. The summed E-state index contributed by atoms with van der Waals surface area (Å²) in [5.41, 5.74) is 6.39. The van der Waals surface area contributed by atoms with Crippen LogP contribution in [0, 0.1) is 5.92 Å². The van der Waals surface area contributed by atoms with Crippen molar-refractivity contribution in [2.45, 2.75) is 25.2 Å². The summed E-state index contributed by atoms with van der Waals surface area (Å²) < 4.78 is 26.9. The maximum atomic E-state index is 12.7. The summed E-state index contributed by atoms with van der Waals surface area (Å²) in [6, 6.07) is 10.6. The summed E-state index contributed by atoms with van der Waals surface area (Å²) in [5.74, 6) is 0.468. The van der Waals surface area contributed by atoms with Crippen LogP contribution in [0.5, 0.6) is 0 Å². The highest BCUT2D eigenvalue weighted by atomic mass is 32.2. The number of anilines is 1. The van der Waals surface area contributed by atoms with Gasteiger partial charge in [0.2, 0.25) is 10.0 Å². The number of hydrogen-bond donors (Lipinski definition) is 1. The molecule has 21 heavy (non-hydrogen) atoms. The SMILES string of the molecule is CC(C)CCN(C)S(=O)(=O)c1cccc2cc(N)ccc12. The highest BCUT2D eigenvalue weighted by molar-refractivity contribution is 7.89. The first-order chi connectivity index (χ1) is 9.82. The maximum absolute atomic E-state index is 12.7.